The number of hydrogen-bond acceptors (Lipinski definition) is 2. The van der Waals surface area contributed by atoms with Crippen molar-refractivity contribution in [1.29, 1.82) is 0 Å². The van der Waals surface area contributed by atoms with Gasteiger partial charge in [-0.1, -0.05) is 48.5 Å². The molecule has 0 saturated carbocycles. The van der Waals surface area contributed by atoms with Gasteiger partial charge in [-0.3, -0.25) is 9.40 Å². The molecule has 3 aromatic rings. The lowest BCUT2D eigenvalue weighted by atomic mass is 10.1. The third-order valence-corrected chi connectivity index (χ3v) is 3.17. The average Bonchev–Trinajstić information content (AvgIpc) is 2.88. The Morgan fingerprint density at radius 3 is 2.50 bits per heavy atom. The van der Waals surface area contributed by atoms with Crippen molar-refractivity contribution in [2.24, 2.45) is 0 Å². The van der Waals surface area contributed by atoms with Crippen LogP contribution >= 0.6 is 0 Å². The van der Waals surface area contributed by atoms with E-state index in [4.69, 9.17) is 4.84 Å². The highest BCUT2D eigenvalue weighted by Crippen LogP contribution is 2.27. The third kappa shape index (κ3) is 2.06. The quantitative estimate of drug-likeness (QED) is 0.722. The Morgan fingerprint density at radius 1 is 1.05 bits per heavy atom. The minimum atomic E-state index is -0.312. The van der Waals surface area contributed by atoms with E-state index in [1.807, 2.05) is 60.7 Å². The van der Waals surface area contributed by atoms with E-state index in [0.717, 1.165) is 22.2 Å². The molecule has 4 heteroatoms. The molecule has 0 unspecified atom stereocenters. The van der Waals surface area contributed by atoms with Crippen molar-refractivity contribution in [3.63, 3.8) is 0 Å². The first kappa shape index (κ1) is 12.4. The van der Waals surface area contributed by atoms with Crippen LogP contribution in [0.1, 0.15) is 0 Å². The van der Waals surface area contributed by atoms with Gasteiger partial charge in [-0.15, -0.1) is 0 Å². The van der Waals surface area contributed by atoms with E-state index >= 15 is 0 Å². The second-order valence-electron chi connectivity index (χ2n) is 4.40. The molecule has 0 aliphatic heterocycles. The van der Waals surface area contributed by atoms with E-state index in [-0.39, 0.29) is 6.03 Å². The summed E-state index contributed by atoms with van der Waals surface area (Å²) in [7, 11) is 1.42. The molecular weight excluding hydrogens is 252 g/mol. The van der Waals surface area contributed by atoms with E-state index < -0.39 is 0 Å². The van der Waals surface area contributed by atoms with Crippen LogP contribution in [0.3, 0.4) is 0 Å². The predicted octanol–water partition coefficient (Wildman–Crippen LogP) is 3.43. The molecule has 0 spiro atoms. The van der Waals surface area contributed by atoms with E-state index in [9.17, 15) is 4.79 Å². The maximum absolute atomic E-state index is 12.2. The number of hydrogen-bond donors (Lipinski definition) is 1. The number of benzene rings is 2. The normalized spacial score (nSPS) is 10.7. The minimum absolute atomic E-state index is 0.312. The van der Waals surface area contributed by atoms with E-state index in [1.165, 1.54) is 7.11 Å². The van der Waals surface area contributed by atoms with Crippen molar-refractivity contribution >= 4 is 16.9 Å². The highest BCUT2D eigenvalue weighted by atomic mass is 16.6. The molecule has 0 fully saturated rings. The highest BCUT2D eigenvalue weighted by molar-refractivity contribution is 5.97. The standard InChI is InChI=1S/C16H14N2O2/c1-20-17-16(19)18-14-10-6-5-9-13(14)11-15(18)12-7-3-2-4-8-12/h2-11H,1H3,(H,17,19). The van der Waals surface area contributed by atoms with Crippen LogP contribution in [0.2, 0.25) is 0 Å². The molecule has 0 atom stereocenters. The van der Waals surface area contributed by atoms with Gasteiger partial charge in [0.05, 0.1) is 18.3 Å². The highest BCUT2D eigenvalue weighted by Gasteiger charge is 2.15. The lowest BCUT2D eigenvalue weighted by molar-refractivity contribution is 0.109. The fourth-order valence-electron chi connectivity index (χ4n) is 2.33. The summed E-state index contributed by atoms with van der Waals surface area (Å²) in [5, 5.41) is 1.01. The fourth-order valence-corrected chi connectivity index (χ4v) is 2.33. The summed E-state index contributed by atoms with van der Waals surface area (Å²) >= 11 is 0. The summed E-state index contributed by atoms with van der Waals surface area (Å²) in [6.45, 7) is 0. The summed E-state index contributed by atoms with van der Waals surface area (Å²) in [6, 6.07) is 19.3. The van der Waals surface area contributed by atoms with Crippen LogP contribution in [-0.2, 0) is 4.84 Å². The van der Waals surface area contributed by atoms with E-state index in [0.29, 0.717) is 0 Å². The lowest BCUT2D eigenvalue weighted by Crippen LogP contribution is -2.27. The number of amides is 1. The van der Waals surface area contributed by atoms with E-state index in [1.54, 1.807) is 4.57 Å². The Labute approximate surface area is 116 Å². The minimum Gasteiger partial charge on any atom is -0.275 e. The van der Waals surface area contributed by atoms with Gasteiger partial charge in [-0.25, -0.2) is 10.3 Å². The number of carbonyl (C=O) groups excluding carboxylic acids is 1. The molecule has 0 aliphatic carbocycles. The summed E-state index contributed by atoms with van der Waals surface area (Å²) in [4.78, 5) is 17.0. The van der Waals surface area contributed by atoms with Crippen LogP contribution in [0.25, 0.3) is 22.2 Å². The first-order valence-electron chi connectivity index (χ1n) is 6.30. The van der Waals surface area contributed by atoms with Crippen molar-refractivity contribution in [3.05, 3.63) is 60.7 Å². The monoisotopic (exact) mass is 266 g/mol. The number of rotatable bonds is 2. The Balaban J connectivity index is 2.25. The van der Waals surface area contributed by atoms with Gasteiger partial charge >= 0.3 is 6.03 Å². The van der Waals surface area contributed by atoms with Crippen LogP contribution in [0.15, 0.2) is 60.7 Å². The zero-order valence-electron chi connectivity index (χ0n) is 11.0. The number of fused-ring (bicyclic) bond motifs is 1. The van der Waals surface area contributed by atoms with Gasteiger partial charge in [0.15, 0.2) is 0 Å². The summed E-state index contributed by atoms with van der Waals surface area (Å²) in [5.74, 6) is 0. The Bertz CT molecular complexity index is 748. The second-order valence-corrected chi connectivity index (χ2v) is 4.40. The second kappa shape index (κ2) is 5.19. The van der Waals surface area contributed by atoms with Crippen molar-refractivity contribution in [2.45, 2.75) is 0 Å². The molecule has 1 heterocycles. The molecule has 20 heavy (non-hydrogen) atoms. The molecule has 0 bridgehead atoms. The summed E-state index contributed by atoms with van der Waals surface area (Å²) in [5.41, 5.74) is 5.04. The van der Waals surface area contributed by atoms with Crippen molar-refractivity contribution in [3.8, 4) is 11.3 Å². The predicted molar refractivity (Wildman–Crippen MR) is 78.3 cm³/mol. The number of carbonyl (C=O) groups is 1. The van der Waals surface area contributed by atoms with Crippen LogP contribution in [0, 0.1) is 0 Å². The van der Waals surface area contributed by atoms with Gasteiger partial charge in [0.1, 0.15) is 0 Å². The van der Waals surface area contributed by atoms with Crippen molar-refractivity contribution in [2.75, 3.05) is 7.11 Å². The molecule has 2 aromatic carbocycles. The molecule has 3 rings (SSSR count). The van der Waals surface area contributed by atoms with Gasteiger partial charge in [0.2, 0.25) is 0 Å². The van der Waals surface area contributed by atoms with Gasteiger partial charge in [0.25, 0.3) is 0 Å². The summed E-state index contributed by atoms with van der Waals surface area (Å²) in [6.07, 6.45) is 0. The summed E-state index contributed by atoms with van der Waals surface area (Å²) < 4.78 is 1.62. The Hall–Kier alpha value is -2.59. The van der Waals surface area contributed by atoms with Crippen LogP contribution in [0.4, 0.5) is 4.79 Å². The Morgan fingerprint density at radius 2 is 1.75 bits per heavy atom. The van der Waals surface area contributed by atoms with Gasteiger partial charge < -0.3 is 0 Å². The SMILES string of the molecule is CONC(=O)n1c(-c2ccccc2)cc2ccccc21. The molecule has 100 valence electrons. The molecule has 0 saturated heterocycles. The van der Waals surface area contributed by atoms with Crippen molar-refractivity contribution in [1.82, 2.24) is 10.0 Å². The molecule has 1 aromatic heterocycles. The number of aromatic nitrogens is 1. The number of nitrogens with zero attached hydrogens (tertiary/aromatic N) is 1. The molecule has 0 aliphatic rings. The maximum Gasteiger partial charge on any atom is 0.350 e. The zero-order valence-corrected chi connectivity index (χ0v) is 11.0. The largest absolute Gasteiger partial charge is 0.350 e. The number of nitrogens with one attached hydrogen (secondary N) is 1. The molecule has 1 amide bonds. The number of hydroxylamine groups is 1. The molecule has 0 radical (unpaired) electrons. The van der Waals surface area contributed by atoms with Crippen molar-refractivity contribution < 1.29 is 9.63 Å². The van der Waals surface area contributed by atoms with Gasteiger partial charge in [-0.2, -0.15) is 0 Å². The topological polar surface area (TPSA) is 43.3 Å². The van der Waals surface area contributed by atoms with Crippen LogP contribution in [-0.4, -0.2) is 17.7 Å². The molecule has 1 N–H and O–H groups in total. The average molecular weight is 266 g/mol. The van der Waals surface area contributed by atoms with Gasteiger partial charge in [0, 0.05) is 5.39 Å². The smallest absolute Gasteiger partial charge is 0.275 e. The van der Waals surface area contributed by atoms with E-state index in [2.05, 4.69) is 5.48 Å². The third-order valence-electron chi connectivity index (χ3n) is 3.17. The molecule has 4 nitrogen and oxygen atoms in total. The molecular formula is C16H14N2O2. The maximum atomic E-state index is 12.2. The number of para-hydroxylation sites is 1. The Kier molecular flexibility index (Phi) is 3.23. The fraction of sp³-hybridized carbons (Fsp3) is 0.0625. The van der Waals surface area contributed by atoms with Crippen LogP contribution in [0.5, 0.6) is 0 Å². The zero-order chi connectivity index (χ0) is 13.9. The first-order chi connectivity index (χ1) is 9.81. The first-order valence-corrected chi connectivity index (χ1v) is 6.30. The lowest BCUT2D eigenvalue weighted by Gasteiger charge is -2.09. The van der Waals surface area contributed by atoms with Crippen LogP contribution < -0.4 is 5.48 Å². The van der Waals surface area contributed by atoms with Gasteiger partial charge in [-0.05, 0) is 17.7 Å².